The molecule has 0 saturated heterocycles. The van der Waals surface area contributed by atoms with Crippen molar-refractivity contribution in [2.45, 2.75) is 26.3 Å². The number of hydrogen-bond donors (Lipinski definition) is 2. The van der Waals surface area contributed by atoms with Gasteiger partial charge in [-0.05, 0) is 55.8 Å². The summed E-state index contributed by atoms with van der Waals surface area (Å²) in [5.74, 6) is -2.14. The summed E-state index contributed by atoms with van der Waals surface area (Å²) in [6, 6.07) is 6.37. The molecule has 2 N–H and O–H groups in total. The van der Waals surface area contributed by atoms with Crippen molar-refractivity contribution >= 4 is 17.5 Å². The zero-order valence-electron chi connectivity index (χ0n) is 21.3. The Labute approximate surface area is 201 Å². The third-order valence-corrected chi connectivity index (χ3v) is 5.13. The Bertz CT molecular complexity index is 1510. The molecule has 1 aromatic carbocycles. The van der Waals surface area contributed by atoms with Crippen LogP contribution in [0.2, 0.25) is 0 Å². The monoisotopic (exact) mass is 491 g/mol. The maximum absolute atomic E-state index is 14.3. The summed E-state index contributed by atoms with van der Waals surface area (Å²) in [5.41, 5.74) is 1.79. The van der Waals surface area contributed by atoms with Crippen molar-refractivity contribution in [3.63, 3.8) is 0 Å². The maximum Gasteiger partial charge on any atom is 0.573 e. The van der Waals surface area contributed by atoms with Gasteiger partial charge in [0, 0.05) is 34.6 Å². The molecule has 0 fully saturated rings. The number of nitrogens with one attached hydrogen (secondary N) is 2. The number of alkyl halides is 3. The van der Waals surface area contributed by atoms with Gasteiger partial charge in [0.05, 0.1) is 17.3 Å². The van der Waals surface area contributed by atoms with Gasteiger partial charge < -0.3 is 15.4 Å². The second kappa shape index (κ2) is 9.20. The van der Waals surface area contributed by atoms with Gasteiger partial charge in [-0.2, -0.15) is 4.98 Å². The fourth-order valence-electron chi connectivity index (χ4n) is 3.44. The van der Waals surface area contributed by atoms with Gasteiger partial charge in [0.1, 0.15) is 11.6 Å². The van der Waals surface area contributed by atoms with Crippen molar-refractivity contribution in [3.8, 4) is 16.9 Å². The number of aromatic nitrogens is 4. The van der Waals surface area contributed by atoms with E-state index in [2.05, 4.69) is 30.4 Å². The van der Waals surface area contributed by atoms with Gasteiger partial charge >= 0.3 is 6.36 Å². The molecule has 1 amide bonds. The molecule has 35 heavy (non-hydrogen) atoms. The van der Waals surface area contributed by atoms with E-state index in [-0.39, 0.29) is 17.1 Å². The minimum absolute atomic E-state index is 0.0878. The summed E-state index contributed by atoms with van der Waals surface area (Å²) in [6.45, 7) is 0.546. The summed E-state index contributed by atoms with van der Waals surface area (Å²) in [5, 5.41) is 8.83. The lowest BCUT2D eigenvalue weighted by Crippen LogP contribution is -2.28. The van der Waals surface area contributed by atoms with Crippen molar-refractivity contribution in [2.24, 2.45) is 0 Å². The maximum atomic E-state index is 14.3. The topological polar surface area (TPSA) is 93.4 Å². The van der Waals surface area contributed by atoms with E-state index in [0.717, 1.165) is 18.2 Å². The minimum atomic E-state index is -4.95. The lowest BCUT2D eigenvalue weighted by atomic mass is 10.0. The largest absolute Gasteiger partial charge is 0.573 e. The Kier molecular flexibility index (Phi) is 5.30. The standard InChI is InChI=1S/C23H20F4N6O2/c1-12-18(8-15(11-29-12)14-6-7-33-20(9-14)31-22(28-3)32-33)21(34)30-13(2)17-10-16(4-5-19(17)24)35-23(25,26)27/h4-11,13H,1-3H3,(H,28,32)(H,30,34)/i3D3. The fourth-order valence-corrected chi connectivity index (χ4v) is 3.44. The molecule has 3 aromatic heterocycles. The number of fused-ring (bicyclic) bond motifs is 1. The van der Waals surface area contributed by atoms with Gasteiger partial charge in [-0.25, -0.2) is 8.91 Å². The molecule has 1 unspecified atom stereocenters. The third kappa shape index (κ3) is 5.31. The summed E-state index contributed by atoms with van der Waals surface area (Å²) in [7, 11) is 0. The molecule has 0 radical (unpaired) electrons. The van der Waals surface area contributed by atoms with E-state index in [0.29, 0.717) is 22.5 Å². The quantitative estimate of drug-likeness (QED) is 0.381. The highest BCUT2D eigenvalue weighted by molar-refractivity contribution is 5.96. The molecule has 3 heterocycles. The van der Waals surface area contributed by atoms with Crippen LogP contribution < -0.4 is 15.4 Å². The molecule has 8 nitrogen and oxygen atoms in total. The molecule has 1 atom stereocenters. The number of ether oxygens (including phenoxy) is 1. The van der Waals surface area contributed by atoms with Gasteiger partial charge in [-0.1, -0.05) is 0 Å². The number of benzene rings is 1. The van der Waals surface area contributed by atoms with Crippen LogP contribution in [0.3, 0.4) is 0 Å². The molecule has 0 spiro atoms. The molecule has 0 bridgehead atoms. The predicted octanol–water partition coefficient (Wildman–Crippen LogP) is 4.67. The predicted molar refractivity (Wildman–Crippen MR) is 119 cm³/mol. The van der Waals surface area contributed by atoms with E-state index in [4.69, 9.17) is 4.11 Å². The highest BCUT2D eigenvalue weighted by Crippen LogP contribution is 2.28. The molecule has 0 aliphatic rings. The smallest absolute Gasteiger partial charge is 0.406 e. The Morgan fingerprint density at radius 2 is 2.00 bits per heavy atom. The molecular formula is C23H20F4N6O2. The van der Waals surface area contributed by atoms with Crippen LogP contribution in [-0.2, 0) is 0 Å². The highest BCUT2D eigenvalue weighted by atomic mass is 19.4. The lowest BCUT2D eigenvalue weighted by molar-refractivity contribution is -0.274. The average Bonchev–Trinajstić information content (AvgIpc) is 3.19. The second-order valence-corrected chi connectivity index (χ2v) is 7.56. The van der Waals surface area contributed by atoms with Crippen molar-refractivity contribution < 1.29 is 31.2 Å². The van der Waals surface area contributed by atoms with Gasteiger partial charge in [0.15, 0.2) is 5.65 Å². The van der Waals surface area contributed by atoms with Gasteiger partial charge in [-0.15, -0.1) is 18.3 Å². The van der Waals surface area contributed by atoms with Crippen LogP contribution in [-0.4, -0.2) is 38.8 Å². The Morgan fingerprint density at radius 3 is 2.74 bits per heavy atom. The number of hydrogen-bond acceptors (Lipinski definition) is 6. The molecule has 182 valence electrons. The van der Waals surface area contributed by atoms with Crippen LogP contribution >= 0.6 is 0 Å². The third-order valence-electron chi connectivity index (χ3n) is 5.13. The molecule has 12 heteroatoms. The summed E-state index contributed by atoms with van der Waals surface area (Å²) < 4.78 is 79.1. The molecule has 0 aliphatic heterocycles. The number of pyridine rings is 2. The number of nitrogens with zero attached hydrogens (tertiary/aromatic N) is 4. The van der Waals surface area contributed by atoms with Gasteiger partial charge in [0.25, 0.3) is 5.91 Å². The number of anilines is 1. The van der Waals surface area contributed by atoms with Crippen molar-refractivity contribution in [1.29, 1.82) is 0 Å². The first-order valence-electron chi connectivity index (χ1n) is 11.7. The van der Waals surface area contributed by atoms with Crippen LogP contribution in [0.5, 0.6) is 5.75 Å². The number of carbonyl (C=O) groups is 1. The number of aryl methyl sites for hydroxylation is 1. The number of carbonyl (C=O) groups excluding carboxylic acids is 1. The van der Waals surface area contributed by atoms with E-state index in [9.17, 15) is 22.4 Å². The molecule has 0 saturated carbocycles. The van der Waals surface area contributed by atoms with Crippen LogP contribution in [0.25, 0.3) is 16.8 Å². The normalized spacial score (nSPS) is 14.1. The van der Waals surface area contributed by atoms with Crippen LogP contribution in [0.4, 0.5) is 23.5 Å². The first-order valence-corrected chi connectivity index (χ1v) is 10.2. The molecule has 4 aromatic rings. The van der Waals surface area contributed by atoms with Crippen molar-refractivity contribution in [1.82, 2.24) is 24.9 Å². The van der Waals surface area contributed by atoms with Crippen LogP contribution in [0, 0.1) is 12.7 Å². The van der Waals surface area contributed by atoms with Gasteiger partial charge in [0.2, 0.25) is 5.95 Å². The number of amides is 1. The highest BCUT2D eigenvalue weighted by Gasteiger charge is 2.31. The van der Waals surface area contributed by atoms with Gasteiger partial charge in [-0.3, -0.25) is 9.78 Å². The fraction of sp³-hybridized carbons (Fsp3) is 0.217. The summed E-state index contributed by atoms with van der Waals surface area (Å²) in [4.78, 5) is 21.4. The Hall–Kier alpha value is -4.22. The Morgan fingerprint density at radius 1 is 1.20 bits per heavy atom. The van der Waals surface area contributed by atoms with Crippen molar-refractivity contribution in [2.75, 3.05) is 12.3 Å². The molecule has 4 rings (SSSR count). The van der Waals surface area contributed by atoms with E-state index >= 15 is 0 Å². The van der Waals surface area contributed by atoms with E-state index in [1.165, 1.54) is 17.6 Å². The van der Waals surface area contributed by atoms with E-state index < -0.39 is 36.9 Å². The number of halogens is 4. The zero-order chi connectivity index (χ0) is 27.8. The summed E-state index contributed by atoms with van der Waals surface area (Å²) >= 11 is 0. The van der Waals surface area contributed by atoms with Crippen LogP contribution in [0.1, 0.15) is 38.7 Å². The molecule has 0 aliphatic carbocycles. The SMILES string of the molecule is [2H]C([2H])([2H])Nc1nc2cc(-c3cnc(C)c(C(=O)NC(C)c4cc(OC(F)(F)F)ccc4F)c3)ccn2n1. The number of rotatable bonds is 6. The van der Waals surface area contributed by atoms with Crippen LogP contribution in [0.15, 0.2) is 48.8 Å². The molecular weight excluding hydrogens is 468 g/mol. The first kappa shape index (κ1) is 20.2. The Balaban J connectivity index is 1.57. The minimum Gasteiger partial charge on any atom is -0.406 e. The lowest BCUT2D eigenvalue weighted by Gasteiger charge is -2.18. The summed E-state index contributed by atoms with van der Waals surface area (Å²) in [6.07, 6.45) is -1.87. The van der Waals surface area contributed by atoms with E-state index in [1.54, 1.807) is 31.3 Å². The average molecular weight is 491 g/mol. The first-order chi connectivity index (χ1) is 17.7. The van der Waals surface area contributed by atoms with Crippen molar-refractivity contribution in [3.05, 3.63) is 71.4 Å². The van der Waals surface area contributed by atoms with E-state index in [1.807, 2.05) is 0 Å². The second-order valence-electron chi connectivity index (χ2n) is 7.56. The zero-order valence-corrected chi connectivity index (χ0v) is 18.3.